The van der Waals surface area contributed by atoms with Crippen LogP contribution >= 0.6 is 11.6 Å². The number of rotatable bonds is 7. The van der Waals surface area contributed by atoms with Gasteiger partial charge in [-0.3, -0.25) is 4.79 Å². The van der Waals surface area contributed by atoms with Crippen molar-refractivity contribution < 1.29 is 9.90 Å². The molecule has 0 heterocycles. The lowest BCUT2D eigenvalue weighted by molar-refractivity contribution is -0.121. The Bertz CT molecular complexity index is 675. The summed E-state index contributed by atoms with van der Waals surface area (Å²) in [5.41, 5.74) is 4.78. The Morgan fingerprint density at radius 1 is 1.12 bits per heavy atom. The first-order valence-electron chi connectivity index (χ1n) is 7.63. The van der Waals surface area contributed by atoms with Crippen LogP contribution in [-0.2, 0) is 4.79 Å². The van der Waals surface area contributed by atoms with Gasteiger partial charge in [0.25, 0.3) is 0 Å². The molecule has 2 aromatic rings. The number of halogens is 1. The third kappa shape index (κ3) is 5.25. The summed E-state index contributed by atoms with van der Waals surface area (Å²) in [7, 11) is 0. The van der Waals surface area contributed by atoms with Crippen molar-refractivity contribution >= 4 is 23.2 Å². The highest BCUT2D eigenvalue weighted by molar-refractivity contribution is 6.30. The van der Waals surface area contributed by atoms with E-state index in [1.54, 1.807) is 42.5 Å². The van der Waals surface area contributed by atoms with Crippen molar-refractivity contribution in [3.63, 3.8) is 0 Å². The van der Waals surface area contributed by atoms with Crippen LogP contribution in [-0.4, -0.2) is 16.7 Å². The number of aromatic hydroxyl groups is 1. The number of unbranched alkanes of at least 4 members (excludes halogenated alkanes) is 1. The quantitative estimate of drug-likeness (QED) is 0.341. The number of carbonyl (C=O) groups is 1. The summed E-state index contributed by atoms with van der Waals surface area (Å²) >= 11 is 5.93. The van der Waals surface area contributed by atoms with Crippen LogP contribution < -0.4 is 5.43 Å². The molecule has 0 fully saturated rings. The summed E-state index contributed by atoms with van der Waals surface area (Å²) in [4.78, 5) is 11.9. The molecule has 0 spiro atoms. The highest BCUT2D eigenvalue weighted by Crippen LogP contribution is 2.17. The molecule has 0 radical (unpaired) electrons. The fourth-order valence-electron chi connectivity index (χ4n) is 2.10. The van der Waals surface area contributed by atoms with Crippen molar-refractivity contribution in [3.8, 4) is 5.75 Å². The summed E-state index contributed by atoms with van der Waals surface area (Å²) < 4.78 is 0. The molecule has 4 nitrogen and oxygen atoms in total. The molecule has 5 heteroatoms. The van der Waals surface area contributed by atoms with Gasteiger partial charge >= 0.3 is 0 Å². The summed E-state index contributed by atoms with van der Waals surface area (Å²) in [6.07, 6.45) is 3.70. The van der Waals surface area contributed by atoms with Crippen LogP contribution in [0.3, 0.4) is 0 Å². The maximum Gasteiger partial charge on any atom is 0.240 e. The van der Waals surface area contributed by atoms with Crippen LogP contribution in [0.5, 0.6) is 5.75 Å². The average molecular weight is 343 g/mol. The van der Waals surface area contributed by atoms with Crippen LogP contribution in [0.4, 0.5) is 0 Å². The first kappa shape index (κ1) is 17.8. The molecule has 124 valence electrons. The molecular weight excluding hydrogens is 324 g/mol. The van der Waals surface area contributed by atoms with E-state index in [1.807, 2.05) is 12.1 Å². The predicted molar refractivity (Wildman–Crippen MR) is 97.4 cm³/mol. The standard InChI is InChI=1S/C19H19ClN2O2/c1-2-3-4-5-18(24)21-22-19(14-6-10-16(20)11-7-14)15-8-12-17(23)13-9-15/h2,6-13,23H,1,3-5H2,(H,21,24)/b22-19-. The zero-order valence-electron chi connectivity index (χ0n) is 13.2. The lowest BCUT2D eigenvalue weighted by Gasteiger charge is -2.08. The van der Waals surface area contributed by atoms with Gasteiger partial charge < -0.3 is 5.11 Å². The molecule has 0 aliphatic rings. The topological polar surface area (TPSA) is 61.7 Å². The van der Waals surface area contributed by atoms with E-state index in [1.165, 1.54) is 0 Å². The molecule has 0 saturated heterocycles. The molecule has 0 aromatic heterocycles. The van der Waals surface area contributed by atoms with Gasteiger partial charge in [-0.2, -0.15) is 5.10 Å². The van der Waals surface area contributed by atoms with Gasteiger partial charge in [-0.1, -0.05) is 29.8 Å². The third-order valence-electron chi connectivity index (χ3n) is 3.36. The zero-order chi connectivity index (χ0) is 17.4. The van der Waals surface area contributed by atoms with Gasteiger partial charge in [0.15, 0.2) is 0 Å². The van der Waals surface area contributed by atoms with E-state index >= 15 is 0 Å². The molecule has 0 aliphatic carbocycles. The Morgan fingerprint density at radius 2 is 1.71 bits per heavy atom. The lowest BCUT2D eigenvalue weighted by Crippen LogP contribution is -2.20. The Balaban J connectivity index is 2.23. The van der Waals surface area contributed by atoms with Crippen molar-refractivity contribution in [1.82, 2.24) is 5.43 Å². The fourth-order valence-corrected chi connectivity index (χ4v) is 2.23. The minimum atomic E-state index is -0.151. The van der Waals surface area contributed by atoms with Gasteiger partial charge in [0.2, 0.25) is 5.91 Å². The molecule has 0 atom stereocenters. The second-order valence-electron chi connectivity index (χ2n) is 5.23. The smallest absolute Gasteiger partial charge is 0.240 e. The third-order valence-corrected chi connectivity index (χ3v) is 3.61. The van der Waals surface area contributed by atoms with E-state index in [2.05, 4.69) is 17.1 Å². The zero-order valence-corrected chi connectivity index (χ0v) is 14.0. The number of carbonyl (C=O) groups excluding carboxylic acids is 1. The summed E-state index contributed by atoms with van der Waals surface area (Å²) in [6, 6.07) is 13.8. The van der Waals surface area contributed by atoms with Gasteiger partial charge in [0.1, 0.15) is 5.75 Å². The van der Waals surface area contributed by atoms with Crippen molar-refractivity contribution in [3.05, 3.63) is 77.3 Å². The van der Waals surface area contributed by atoms with E-state index in [9.17, 15) is 9.90 Å². The Kier molecular flexibility index (Phi) is 6.58. The Hall–Kier alpha value is -2.59. The maximum absolute atomic E-state index is 11.9. The number of nitrogens with one attached hydrogen (secondary N) is 1. The van der Waals surface area contributed by atoms with Crippen LogP contribution in [0, 0.1) is 0 Å². The molecule has 0 bridgehead atoms. The molecule has 24 heavy (non-hydrogen) atoms. The molecule has 0 aliphatic heterocycles. The monoisotopic (exact) mass is 342 g/mol. The number of nitrogens with zero attached hydrogens (tertiary/aromatic N) is 1. The van der Waals surface area contributed by atoms with Gasteiger partial charge in [0.05, 0.1) is 5.71 Å². The molecule has 2 N–H and O–H groups in total. The predicted octanol–water partition coefficient (Wildman–Crippen LogP) is 4.27. The Labute approximate surface area is 146 Å². The minimum absolute atomic E-state index is 0.151. The summed E-state index contributed by atoms with van der Waals surface area (Å²) in [5, 5.41) is 14.3. The molecule has 2 aromatic carbocycles. The SMILES string of the molecule is C=CCCCC(=O)N/N=C(\c1ccc(O)cc1)c1ccc(Cl)cc1. The fraction of sp³-hybridized carbons (Fsp3) is 0.158. The molecule has 0 unspecified atom stereocenters. The number of hydrazone groups is 1. The molecular formula is C19H19ClN2O2. The maximum atomic E-state index is 11.9. The van der Waals surface area contributed by atoms with Gasteiger partial charge in [-0.25, -0.2) is 5.43 Å². The largest absolute Gasteiger partial charge is 0.508 e. The van der Waals surface area contributed by atoms with E-state index < -0.39 is 0 Å². The normalized spacial score (nSPS) is 11.1. The van der Waals surface area contributed by atoms with Crippen molar-refractivity contribution in [1.29, 1.82) is 0 Å². The van der Waals surface area contributed by atoms with Crippen molar-refractivity contribution in [2.45, 2.75) is 19.3 Å². The van der Waals surface area contributed by atoms with Crippen LogP contribution in [0.25, 0.3) is 0 Å². The van der Waals surface area contributed by atoms with Crippen LogP contribution in [0.1, 0.15) is 30.4 Å². The molecule has 0 saturated carbocycles. The van der Waals surface area contributed by atoms with E-state index in [0.717, 1.165) is 24.0 Å². The number of hydrogen-bond donors (Lipinski definition) is 2. The summed E-state index contributed by atoms with van der Waals surface area (Å²) in [6.45, 7) is 3.63. The highest BCUT2D eigenvalue weighted by Gasteiger charge is 2.09. The lowest BCUT2D eigenvalue weighted by atomic mass is 10.0. The van der Waals surface area contributed by atoms with Crippen molar-refractivity contribution in [2.24, 2.45) is 5.10 Å². The van der Waals surface area contributed by atoms with Gasteiger partial charge in [-0.15, -0.1) is 6.58 Å². The average Bonchev–Trinajstić information content (AvgIpc) is 2.58. The second kappa shape index (κ2) is 8.89. The number of allylic oxidation sites excluding steroid dienone is 1. The van der Waals surface area contributed by atoms with E-state index in [4.69, 9.17) is 11.6 Å². The van der Waals surface area contributed by atoms with Gasteiger partial charge in [0, 0.05) is 22.6 Å². The molecule has 1 amide bonds. The first-order valence-corrected chi connectivity index (χ1v) is 8.00. The number of amides is 1. The van der Waals surface area contributed by atoms with Crippen LogP contribution in [0.2, 0.25) is 5.02 Å². The minimum Gasteiger partial charge on any atom is -0.508 e. The summed E-state index contributed by atoms with van der Waals surface area (Å²) in [5.74, 6) is 0.0183. The Morgan fingerprint density at radius 3 is 2.29 bits per heavy atom. The first-order chi connectivity index (χ1) is 11.6. The second-order valence-corrected chi connectivity index (χ2v) is 5.67. The number of phenols is 1. The number of phenolic OH excluding ortho intramolecular Hbond substituents is 1. The van der Waals surface area contributed by atoms with Gasteiger partial charge in [-0.05, 0) is 49.2 Å². The number of benzene rings is 2. The van der Waals surface area contributed by atoms with E-state index in [0.29, 0.717) is 17.2 Å². The van der Waals surface area contributed by atoms with E-state index in [-0.39, 0.29) is 11.7 Å². The van der Waals surface area contributed by atoms with Crippen molar-refractivity contribution in [2.75, 3.05) is 0 Å². The van der Waals surface area contributed by atoms with Crippen LogP contribution in [0.15, 0.2) is 66.3 Å². The number of hydrogen-bond acceptors (Lipinski definition) is 3. The molecule has 2 rings (SSSR count). The highest BCUT2D eigenvalue weighted by atomic mass is 35.5.